The third-order valence-corrected chi connectivity index (χ3v) is 3.31. The number of carboxylic acid groups (broad SMARTS) is 1. The number of carbonyl (C=O) groups excluding carboxylic acids is 1. The zero-order valence-corrected chi connectivity index (χ0v) is 13.7. The molecular formula is C17H16O8. The zero-order chi connectivity index (χ0) is 18.6. The van der Waals surface area contributed by atoms with Gasteiger partial charge in [0.25, 0.3) is 0 Å². The second-order valence-corrected chi connectivity index (χ2v) is 4.79. The van der Waals surface area contributed by atoms with Gasteiger partial charge < -0.3 is 29.2 Å². The van der Waals surface area contributed by atoms with E-state index in [1.165, 1.54) is 39.5 Å². The fourth-order valence-electron chi connectivity index (χ4n) is 2.15. The fraction of sp³-hybridized carbons (Fsp3) is 0.176. The van der Waals surface area contributed by atoms with Gasteiger partial charge in [0, 0.05) is 12.1 Å². The molecule has 132 valence electrons. The Morgan fingerprint density at radius 3 is 2.00 bits per heavy atom. The van der Waals surface area contributed by atoms with E-state index in [1.54, 1.807) is 0 Å². The molecule has 0 amide bonds. The molecule has 2 N–H and O–H groups in total. The molecule has 0 aliphatic rings. The number of carbonyl (C=O) groups is 2. The van der Waals surface area contributed by atoms with Crippen molar-refractivity contribution >= 4 is 11.9 Å². The monoisotopic (exact) mass is 348 g/mol. The Kier molecular flexibility index (Phi) is 5.33. The number of hydrogen-bond donors (Lipinski definition) is 2. The molecule has 0 saturated heterocycles. The fourth-order valence-corrected chi connectivity index (χ4v) is 2.15. The normalized spacial score (nSPS) is 10.0. The van der Waals surface area contributed by atoms with Crippen molar-refractivity contribution in [1.29, 1.82) is 0 Å². The van der Waals surface area contributed by atoms with E-state index < -0.39 is 11.9 Å². The van der Waals surface area contributed by atoms with Gasteiger partial charge >= 0.3 is 11.9 Å². The van der Waals surface area contributed by atoms with Gasteiger partial charge in [0.05, 0.1) is 26.9 Å². The van der Waals surface area contributed by atoms with Crippen LogP contribution < -0.4 is 18.9 Å². The van der Waals surface area contributed by atoms with Crippen LogP contribution in [-0.2, 0) is 0 Å². The van der Waals surface area contributed by atoms with Crippen LogP contribution in [0.5, 0.6) is 28.7 Å². The van der Waals surface area contributed by atoms with Crippen LogP contribution in [0.15, 0.2) is 30.3 Å². The SMILES string of the molecule is COc1ccc(C(=O)Oc2cc(O)cc(OC)c2C(=O)O)cc1OC. The summed E-state index contributed by atoms with van der Waals surface area (Å²) in [6.07, 6.45) is 0. The minimum atomic E-state index is -1.37. The van der Waals surface area contributed by atoms with Crippen molar-refractivity contribution < 1.29 is 38.7 Å². The van der Waals surface area contributed by atoms with E-state index in [2.05, 4.69) is 0 Å². The van der Waals surface area contributed by atoms with Crippen LogP contribution in [0, 0.1) is 0 Å². The summed E-state index contributed by atoms with van der Waals surface area (Å²) in [4.78, 5) is 23.8. The number of hydrogen-bond acceptors (Lipinski definition) is 7. The highest BCUT2D eigenvalue weighted by atomic mass is 16.5. The average Bonchev–Trinajstić information content (AvgIpc) is 2.59. The van der Waals surface area contributed by atoms with Gasteiger partial charge in [-0.15, -0.1) is 0 Å². The summed E-state index contributed by atoms with van der Waals surface area (Å²) in [5, 5.41) is 19.0. The molecule has 0 spiro atoms. The molecule has 0 radical (unpaired) electrons. The Labute approximate surface area is 143 Å². The summed E-state index contributed by atoms with van der Waals surface area (Å²) in [6, 6.07) is 6.46. The third-order valence-electron chi connectivity index (χ3n) is 3.31. The smallest absolute Gasteiger partial charge is 0.343 e. The van der Waals surface area contributed by atoms with E-state index in [0.717, 1.165) is 12.1 Å². The molecule has 25 heavy (non-hydrogen) atoms. The number of phenols is 1. The van der Waals surface area contributed by atoms with Crippen LogP contribution in [0.2, 0.25) is 0 Å². The Morgan fingerprint density at radius 2 is 1.44 bits per heavy atom. The van der Waals surface area contributed by atoms with Crippen molar-refractivity contribution in [3.05, 3.63) is 41.5 Å². The van der Waals surface area contributed by atoms with Gasteiger partial charge in [-0.1, -0.05) is 0 Å². The topological polar surface area (TPSA) is 112 Å². The first-order valence-corrected chi connectivity index (χ1v) is 6.99. The summed E-state index contributed by atoms with van der Waals surface area (Å²) in [6.45, 7) is 0. The van der Waals surface area contributed by atoms with Gasteiger partial charge in [0.2, 0.25) is 0 Å². The molecule has 2 aromatic carbocycles. The van der Waals surface area contributed by atoms with Gasteiger partial charge in [-0.2, -0.15) is 0 Å². The van der Waals surface area contributed by atoms with E-state index in [-0.39, 0.29) is 28.4 Å². The first-order valence-electron chi connectivity index (χ1n) is 6.99. The minimum Gasteiger partial charge on any atom is -0.508 e. The number of benzene rings is 2. The molecule has 8 nitrogen and oxygen atoms in total. The zero-order valence-electron chi connectivity index (χ0n) is 13.7. The van der Waals surface area contributed by atoms with Crippen molar-refractivity contribution in [3.63, 3.8) is 0 Å². The number of carboxylic acids is 1. The summed E-state index contributed by atoms with van der Waals surface area (Å²) in [5.41, 5.74) is -0.273. The molecule has 0 bridgehead atoms. The van der Waals surface area contributed by atoms with Gasteiger partial charge in [-0.3, -0.25) is 0 Å². The van der Waals surface area contributed by atoms with Crippen molar-refractivity contribution in [3.8, 4) is 28.7 Å². The first kappa shape index (κ1) is 17.9. The van der Waals surface area contributed by atoms with E-state index in [9.17, 15) is 19.8 Å². The van der Waals surface area contributed by atoms with Crippen molar-refractivity contribution in [2.75, 3.05) is 21.3 Å². The van der Waals surface area contributed by atoms with Crippen LogP contribution in [0.25, 0.3) is 0 Å². The lowest BCUT2D eigenvalue weighted by Crippen LogP contribution is -2.12. The number of ether oxygens (including phenoxy) is 4. The second kappa shape index (κ2) is 7.43. The van der Waals surface area contributed by atoms with Gasteiger partial charge in [-0.25, -0.2) is 9.59 Å². The highest BCUT2D eigenvalue weighted by Gasteiger charge is 2.23. The highest BCUT2D eigenvalue weighted by molar-refractivity contribution is 5.98. The Bertz CT molecular complexity index is 813. The number of esters is 1. The lowest BCUT2D eigenvalue weighted by molar-refractivity contribution is 0.0677. The lowest BCUT2D eigenvalue weighted by Gasteiger charge is -2.13. The molecule has 0 atom stereocenters. The van der Waals surface area contributed by atoms with Crippen LogP contribution >= 0.6 is 0 Å². The van der Waals surface area contributed by atoms with E-state index in [1.807, 2.05) is 0 Å². The molecule has 0 fully saturated rings. The molecule has 0 heterocycles. The van der Waals surface area contributed by atoms with Gasteiger partial charge in [0.15, 0.2) is 17.2 Å². The Morgan fingerprint density at radius 1 is 0.840 bits per heavy atom. The summed E-state index contributed by atoms with van der Waals surface area (Å²) in [5.74, 6) is -2.26. The highest BCUT2D eigenvalue weighted by Crippen LogP contribution is 2.34. The molecule has 2 rings (SSSR count). The third kappa shape index (κ3) is 3.74. The molecule has 0 aliphatic carbocycles. The predicted octanol–water partition coefficient (Wildman–Crippen LogP) is 2.34. The predicted molar refractivity (Wildman–Crippen MR) is 86.1 cm³/mol. The molecule has 0 unspecified atom stereocenters. The maximum Gasteiger partial charge on any atom is 0.343 e. The quantitative estimate of drug-likeness (QED) is 0.604. The lowest BCUT2D eigenvalue weighted by atomic mass is 10.1. The van der Waals surface area contributed by atoms with Crippen LogP contribution in [0.4, 0.5) is 0 Å². The molecule has 0 saturated carbocycles. The largest absolute Gasteiger partial charge is 0.508 e. The Hall–Kier alpha value is -3.42. The minimum absolute atomic E-state index is 0.108. The number of rotatable bonds is 6. The number of aromatic carboxylic acids is 1. The molecular weight excluding hydrogens is 332 g/mol. The van der Waals surface area contributed by atoms with Crippen LogP contribution in [-0.4, -0.2) is 43.5 Å². The van der Waals surface area contributed by atoms with Crippen molar-refractivity contribution in [2.45, 2.75) is 0 Å². The standard InChI is InChI=1S/C17H16O8/c1-22-11-5-4-9(6-12(11)23-2)17(21)25-14-8-10(18)7-13(24-3)15(14)16(19)20/h4-8,18H,1-3H3,(H,19,20). The molecule has 2 aromatic rings. The maximum absolute atomic E-state index is 12.3. The van der Waals surface area contributed by atoms with E-state index in [4.69, 9.17) is 18.9 Å². The number of phenolic OH excluding ortho intramolecular Hbond substituents is 1. The van der Waals surface area contributed by atoms with E-state index >= 15 is 0 Å². The Balaban J connectivity index is 2.41. The van der Waals surface area contributed by atoms with Gasteiger partial charge in [0.1, 0.15) is 17.1 Å². The maximum atomic E-state index is 12.3. The van der Waals surface area contributed by atoms with Crippen molar-refractivity contribution in [2.24, 2.45) is 0 Å². The van der Waals surface area contributed by atoms with Crippen LogP contribution in [0.3, 0.4) is 0 Å². The molecule has 8 heteroatoms. The van der Waals surface area contributed by atoms with E-state index in [0.29, 0.717) is 11.5 Å². The molecule has 0 aromatic heterocycles. The number of aromatic hydroxyl groups is 1. The average molecular weight is 348 g/mol. The molecule has 0 aliphatic heterocycles. The summed E-state index contributed by atoms with van der Waals surface area (Å²) >= 11 is 0. The summed E-state index contributed by atoms with van der Waals surface area (Å²) in [7, 11) is 4.10. The summed E-state index contributed by atoms with van der Waals surface area (Å²) < 4.78 is 20.2. The van der Waals surface area contributed by atoms with Crippen LogP contribution in [0.1, 0.15) is 20.7 Å². The second-order valence-electron chi connectivity index (χ2n) is 4.79. The van der Waals surface area contributed by atoms with Crippen molar-refractivity contribution in [1.82, 2.24) is 0 Å². The van der Waals surface area contributed by atoms with Gasteiger partial charge in [-0.05, 0) is 18.2 Å². The number of methoxy groups -OCH3 is 3. The first-order chi connectivity index (χ1) is 11.9.